The topological polar surface area (TPSA) is 43.1 Å². The smallest absolute Gasteiger partial charge is 0.182 e. The molecule has 0 aliphatic heterocycles. The van der Waals surface area contributed by atoms with E-state index < -0.39 is 23.5 Å². The summed E-state index contributed by atoms with van der Waals surface area (Å²) >= 11 is 0. The highest BCUT2D eigenvalue weighted by Crippen LogP contribution is 2.17. The Morgan fingerprint density at radius 3 is 2.69 bits per heavy atom. The summed E-state index contributed by atoms with van der Waals surface area (Å²) in [4.78, 5) is 11.6. The van der Waals surface area contributed by atoms with E-state index in [-0.39, 0.29) is 17.5 Å². The molecule has 86 valence electrons. The molecule has 1 aromatic carbocycles. The highest BCUT2D eigenvalue weighted by molar-refractivity contribution is 6.00. The summed E-state index contributed by atoms with van der Waals surface area (Å²) < 4.78 is 26.6. The van der Waals surface area contributed by atoms with Crippen molar-refractivity contribution in [1.82, 2.24) is 0 Å². The molecule has 0 aliphatic rings. The van der Waals surface area contributed by atoms with Crippen molar-refractivity contribution in [3.05, 3.63) is 47.5 Å². The normalized spacial score (nSPS) is 12.2. The molecule has 0 aliphatic carbocycles. The molecule has 0 radical (unpaired) electrons. The van der Waals surface area contributed by atoms with Crippen LogP contribution >= 0.6 is 0 Å². The maximum absolute atomic E-state index is 13.4. The molecule has 16 heavy (non-hydrogen) atoms. The molecular weight excluding hydrogens is 212 g/mol. The summed E-state index contributed by atoms with van der Waals surface area (Å²) in [6.45, 7) is 4.86. The number of carbonyl (C=O) groups excluding carboxylic acids is 1. The predicted octanol–water partition coefficient (Wildman–Crippen LogP) is 2.36. The molecule has 0 aromatic heterocycles. The van der Waals surface area contributed by atoms with E-state index in [0.29, 0.717) is 0 Å². The Morgan fingerprint density at radius 1 is 1.50 bits per heavy atom. The first-order valence-electron chi connectivity index (χ1n) is 4.84. The van der Waals surface area contributed by atoms with E-state index in [9.17, 15) is 13.6 Å². The molecule has 4 heteroatoms. The van der Waals surface area contributed by atoms with Crippen molar-refractivity contribution in [3.63, 3.8) is 0 Å². The first kappa shape index (κ1) is 12.5. The molecule has 1 aromatic rings. The van der Waals surface area contributed by atoms with Gasteiger partial charge in [-0.25, -0.2) is 8.78 Å². The monoisotopic (exact) mass is 225 g/mol. The van der Waals surface area contributed by atoms with Gasteiger partial charge in [-0.05, 0) is 25.0 Å². The van der Waals surface area contributed by atoms with Gasteiger partial charge >= 0.3 is 0 Å². The number of hydrogen-bond donors (Lipinski definition) is 1. The summed E-state index contributed by atoms with van der Waals surface area (Å²) in [7, 11) is 0. The van der Waals surface area contributed by atoms with Gasteiger partial charge in [0.05, 0.1) is 11.6 Å². The quantitative estimate of drug-likeness (QED) is 0.631. The average Bonchev–Trinajstić information content (AvgIpc) is 2.26. The molecule has 0 amide bonds. The lowest BCUT2D eigenvalue weighted by atomic mass is 10.0. The fourth-order valence-corrected chi connectivity index (χ4v) is 1.32. The first-order valence-corrected chi connectivity index (χ1v) is 4.84. The van der Waals surface area contributed by atoms with Gasteiger partial charge in [0.25, 0.3) is 0 Å². The highest BCUT2D eigenvalue weighted by atomic mass is 19.2. The molecule has 0 heterocycles. The van der Waals surface area contributed by atoms with E-state index in [1.807, 2.05) is 0 Å². The number of carbonyl (C=O) groups is 1. The van der Waals surface area contributed by atoms with Gasteiger partial charge in [0.1, 0.15) is 0 Å². The number of ketones is 1. The molecule has 2 nitrogen and oxygen atoms in total. The molecule has 0 fully saturated rings. The van der Waals surface area contributed by atoms with Gasteiger partial charge in [-0.2, -0.15) is 0 Å². The summed E-state index contributed by atoms with van der Waals surface area (Å²) in [5.74, 6) is -2.75. The zero-order valence-electron chi connectivity index (χ0n) is 8.97. The van der Waals surface area contributed by atoms with Crippen molar-refractivity contribution in [2.75, 3.05) is 0 Å². The largest absolute Gasteiger partial charge is 0.321 e. The Balaban J connectivity index is 3.10. The molecule has 1 atom stereocenters. The minimum Gasteiger partial charge on any atom is -0.321 e. The van der Waals surface area contributed by atoms with Gasteiger partial charge < -0.3 is 5.73 Å². The summed E-state index contributed by atoms with van der Waals surface area (Å²) in [5, 5.41) is 0. The van der Waals surface area contributed by atoms with Gasteiger partial charge in [-0.1, -0.05) is 12.1 Å². The van der Waals surface area contributed by atoms with Gasteiger partial charge in [-0.15, -0.1) is 6.58 Å². The number of halogens is 2. The first-order chi connectivity index (χ1) is 7.49. The Hall–Kier alpha value is -1.55. The molecule has 0 saturated heterocycles. The number of nitrogens with two attached hydrogens (primary N) is 1. The molecule has 0 spiro atoms. The zero-order chi connectivity index (χ0) is 12.3. The Labute approximate surface area is 92.8 Å². The van der Waals surface area contributed by atoms with Gasteiger partial charge in [0.2, 0.25) is 0 Å². The van der Waals surface area contributed by atoms with Gasteiger partial charge in [0.15, 0.2) is 17.4 Å². The van der Waals surface area contributed by atoms with Crippen molar-refractivity contribution >= 4 is 5.78 Å². The molecular formula is C12H13F2NO. The van der Waals surface area contributed by atoms with Crippen LogP contribution in [0.1, 0.15) is 22.3 Å². The minimum absolute atomic E-state index is 0.159. The molecule has 2 N–H and O–H groups in total. The molecule has 1 unspecified atom stereocenters. The lowest BCUT2D eigenvalue weighted by Crippen LogP contribution is -2.30. The predicted molar refractivity (Wildman–Crippen MR) is 58.2 cm³/mol. The Bertz CT molecular complexity index is 429. The Morgan fingerprint density at radius 2 is 2.12 bits per heavy atom. The third kappa shape index (κ3) is 2.33. The maximum Gasteiger partial charge on any atom is 0.182 e. The highest BCUT2D eigenvalue weighted by Gasteiger charge is 2.21. The van der Waals surface area contributed by atoms with Crippen LogP contribution in [0.4, 0.5) is 8.78 Å². The van der Waals surface area contributed by atoms with Crippen LogP contribution in [0.5, 0.6) is 0 Å². The second-order valence-corrected chi connectivity index (χ2v) is 3.55. The van der Waals surface area contributed by atoms with Gasteiger partial charge in [-0.3, -0.25) is 4.79 Å². The average molecular weight is 225 g/mol. The van der Waals surface area contributed by atoms with Crippen LogP contribution in [0, 0.1) is 18.6 Å². The minimum atomic E-state index is -1.13. The Kier molecular flexibility index (Phi) is 3.90. The SMILES string of the molecule is C=CCC(N)C(=O)c1ccc(C)c(F)c1F. The number of aryl methyl sites for hydroxylation is 1. The van der Waals surface area contributed by atoms with Crippen molar-refractivity contribution in [1.29, 1.82) is 0 Å². The summed E-state index contributed by atoms with van der Waals surface area (Å²) in [6.07, 6.45) is 1.69. The third-order valence-corrected chi connectivity index (χ3v) is 2.30. The van der Waals surface area contributed by atoms with E-state index in [0.717, 1.165) is 0 Å². The van der Waals surface area contributed by atoms with Crippen molar-refractivity contribution in [2.24, 2.45) is 5.73 Å². The number of hydrogen-bond acceptors (Lipinski definition) is 2. The molecule has 0 saturated carbocycles. The van der Waals surface area contributed by atoms with Crippen LogP contribution in [0.2, 0.25) is 0 Å². The van der Waals surface area contributed by atoms with Gasteiger partial charge in [0, 0.05) is 0 Å². The van der Waals surface area contributed by atoms with Crippen LogP contribution in [0.3, 0.4) is 0 Å². The van der Waals surface area contributed by atoms with Crippen molar-refractivity contribution in [2.45, 2.75) is 19.4 Å². The second-order valence-electron chi connectivity index (χ2n) is 3.55. The fraction of sp³-hybridized carbons (Fsp3) is 0.250. The summed E-state index contributed by atoms with van der Waals surface area (Å²) in [6, 6.07) is 1.72. The van der Waals surface area contributed by atoms with Crippen LogP contribution < -0.4 is 5.73 Å². The van der Waals surface area contributed by atoms with E-state index in [4.69, 9.17) is 5.73 Å². The number of Topliss-reactive ketones (excluding diaryl/α,β-unsaturated/α-hetero) is 1. The second kappa shape index (κ2) is 4.99. The maximum atomic E-state index is 13.4. The van der Waals surface area contributed by atoms with E-state index in [1.54, 1.807) is 0 Å². The van der Waals surface area contributed by atoms with Crippen LogP contribution in [0.15, 0.2) is 24.8 Å². The van der Waals surface area contributed by atoms with Crippen molar-refractivity contribution < 1.29 is 13.6 Å². The zero-order valence-corrected chi connectivity index (χ0v) is 8.97. The van der Waals surface area contributed by atoms with Crippen LogP contribution in [-0.2, 0) is 0 Å². The van der Waals surface area contributed by atoms with Crippen LogP contribution in [-0.4, -0.2) is 11.8 Å². The third-order valence-electron chi connectivity index (χ3n) is 2.30. The molecule has 1 rings (SSSR count). The number of benzene rings is 1. The molecule has 0 bridgehead atoms. The number of rotatable bonds is 4. The fourth-order valence-electron chi connectivity index (χ4n) is 1.32. The lowest BCUT2D eigenvalue weighted by Gasteiger charge is -2.09. The summed E-state index contributed by atoms with van der Waals surface area (Å²) in [5.41, 5.74) is 5.36. The lowest BCUT2D eigenvalue weighted by molar-refractivity contribution is 0.0957. The van der Waals surface area contributed by atoms with E-state index in [2.05, 4.69) is 6.58 Å². The van der Waals surface area contributed by atoms with Crippen LogP contribution in [0.25, 0.3) is 0 Å². The van der Waals surface area contributed by atoms with E-state index >= 15 is 0 Å². The standard InChI is InChI=1S/C12H13F2NO/c1-3-4-9(15)12(16)8-6-5-7(2)10(13)11(8)14/h3,5-6,9H,1,4,15H2,2H3. The van der Waals surface area contributed by atoms with Crippen molar-refractivity contribution in [3.8, 4) is 0 Å². The van der Waals surface area contributed by atoms with E-state index in [1.165, 1.54) is 25.1 Å².